The molecule has 3 amide bonds. The van der Waals surface area contributed by atoms with Crippen LogP contribution in [0.1, 0.15) is 58.8 Å². The van der Waals surface area contributed by atoms with E-state index in [1.54, 1.807) is 0 Å². The van der Waals surface area contributed by atoms with Crippen molar-refractivity contribution in [3.05, 3.63) is 0 Å². The van der Waals surface area contributed by atoms with Crippen molar-refractivity contribution in [3.63, 3.8) is 0 Å². The molecule has 0 saturated carbocycles. The number of carboxylic acids is 1. The van der Waals surface area contributed by atoms with Gasteiger partial charge in [-0.05, 0) is 69.4 Å². The van der Waals surface area contributed by atoms with Crippen LogP contribution in [0.3, 0.4) is 0 Å². The van der Waals surface area contributed by atoms with Crippen molar-refractivity contribution in [2.24, 2.45) is 33.8 Å². The number of guanidine groups is 1. The van der Waals surface area contributed by atoms with E-state index in [9.17, 15) is 24.3 Å². The number of nitrogens with zero attached hydrogens (tertiary/aromatic N) is 1. The molecule has 0 aromatic rings. The Balaban J connectivity index is 5.34. The molecule has 37 heavy (non-hydrogen) atoms. The summed E-state index contributed by atoms with van der Waals surface area (Å²) in [4.78, 5) is 54.2. The first-order chi connectivity index (χ1) is 17.4. The summed E-state index contributed by atoms with van der Waals surface area (Å²) in [7, 11) is 0. The Morgan fingerprint density at radius 2 is 1.46 bits per heavy atom. The number of unbranched alkanes of at least 4 members (excludes halogenated alkanes) is 1. The zero-order valence-corrected chi connectivity index (χ0v) is 23.0. The number of thioether (sulfide) groups is 1. The summed E-state index contributed by atoms with van der Waals surface area (Å²) in [5, 5.41) is 17.4. The minimum Gasteiger partial charge on any atom is -0.480 e. The maximum atomic E-state index is 13.2. The SMILES string of the molecule is CSCCC(NC(=O)C(CC(C)C)NC(=O)C(N)CCCN=C(N)N)C(=O)NC(CCCCN)C(=O)O. The maximum Gasteiger partial charge on any atom is 0.326 e. The van der Waals surface area contributed by atoms with Gasteiger partial charge in [0.2, 0.25) is 17.7 Å². The molecule has 0 heterocycles. The van der Waals surface area contributed by atoms with Gasteiger partial charge in [0.1, 0.15) is 18.1 Å². The molecular formula is C23H46N8O5S. The minimum atomic E-state index is -1.15. The summed E-state index contributed by atoms with van der Waals surface area (Å²) in [5.41, 5.74) is 22.0. The van der Waals surface area contributed by atoms with Crippen LogP contribution in [0.15, 0.2) is 4.99 Å². The fourth-order valence-corrected chi connectivity index (χ4v) is 3.90. The Labute approximate surface area is 223 Å². The summed E-state index contributed by atoms with van der Waals surface area (Å²) in [6, 6.07) is -3.83. The van der Waals surface area contributed by atoms with Crippen LogP contribution in [-0.4, -0.2) is 84.0 Å². The van der Waals surface area contributed by atoms with Gasteiger partial charge in [0.05, 0.1) is 6.04 Å². The molecule has 0 spiro atoms. The maximum absolute atomic E-state index is 13.2. The summed E-state index contributed by atoms with van der Waals surface area (Å²) in [6.45, 7) is 4.56. The van der Waals surface area contributed by atoms with Gasteiger partial charge < -0.3 is 44.0 Å². The van der Waals surface area contributed by atoms with Crippen molar-refractivity contribution >= 4 is 41.4 Å². The molecule has 0 fully saturated rings. The molecule has 4 unspecified atom stereocenters. The Morgan fingerprint density at radius 3 is 2.00 bits per heavy atom. The normalized spacial score (nSPS) is 14.2. The van der Waals surface area contributed by atoms with E-state index in [0.29, 0.717) is 57.4 Å². The van der Waals surface area contributed by atoms with E-state index in [0.717, 1.165) is 0 Å². The molecule has 0 saturated heterocycles. The van der Waals surface area contributed by atoms with Gasteiger partial charge in [-0.1, -0.05) is 13.8 Å². The summed E-state index contributed by atoms with van der Waals surface area (Å²) >= 11 is 1.49. The van der Waals surface area contributed by atoms with E-state index in [1.807, 2.05) is 20.1 Å². The van der Waals surface area contributed by atoms with Crippen LogP contribution in [0, 0.1) is 5.92 Å². The lowest BCUT2D eigenvalue weighted by Crippen LogP contribution is -2.57. The van der Waals surface area contributed by atoms with Crippen molar-refractivity contribution in [1.29, 1.82) is 0 Å². The minimum absolute atomic E-state index is 0.0445. The summed E-state index contributed by atoms with van der Waals surface area (Å²) in [5.74, 6) is -2.20. The van der Waals surface area contributed by atoms with Gasteiger partial charge in [0.25, 0.3) is 0 Å². The Bertz CT molecular complexity index is 749. The van der Waals surface area contributed by atoms with Gasteiger partial charge in [0, 0.05) is 6.54 Å². The van der Waals surface area contributed by atoms with E-state index in [-0.39, 0.29) is 18.3 Å². The molecule has 13 nitrogen and oxygen atoms in total. The molecule has 12 N–H and O–H groups in total. The highest BCUT2D eigenvalue weighted by Crippen LogP contribution is 2.09. The highest BCUT2D eigenvalue weighted by atomic mass is 32.2. The second-order valence-corrected chi connectivity index (χ2v) is 10.3. The number of rotatable bonds is 20. The van der Waals surface area contributed by atoms with Crippen LogP contribution in [0.25, 0.3) is 0 Å². The third-order valence-electron chi connectivity index (χ3n) is 5.45. The zero-order valence-electron chi connectivity index (χ0n) is 22.2. The lowest BCUT2D eigenvalue weighted by molar-refractivity contribution is -0.142. The molecule has 214 valence electrons. The number of hydrogen-bond acceptors (Lipinski definition) is 8. The lowest BCUT2D eigenvalue weighted by atomic mass is 10.0. The van der Waals surface area contributed by atoms with Crippen molar-refractivity contribution in [2.75, 3.05) is 25.1 Å². The number of amides is 3. The molecule has 0 aromatic heterocycles. The number of hydrogen-bond donors (Lipinski definition) is 8. The first-order valence-corrected chi connectivity index (χ1v) is 14.0. The highest BCUT2D eigenvalue weighted by molar-refractivity contribution is 7.98. The Morgan fingerprint density at radius 1 is 0.865 bits per heavy atom. The average Bonchev–Trinajstić information content (AvgIpc) is 2.82. The van der Waals surface area contributed by atoms with Crippen LogP contribution < -0.4 is 38.9 Å². The second-order valence-electron chi connectivity index (χ2n) is 9.27. The number of aliphatic imine (C=N–C) groups is 1. The van der Waals surface area contributed by atoms with Crippen molar-refractivity contribution in [3.8, 4) is 0 Å². The van der Waals surface area contributed by atoms with Gasteiger partial charge in [0.15, 0.2) is 5.96 Å². The van der Waals surface area contributed by atoms with Crippen LogP contribution in [0.5, 0.6) is 0 Å². The third kappa shape index (κ3) is 16.0. The molecule has 0 radical (unpaired) electrons. The third-order valence-corrected chi connectivity index (χ3v) is 6.09. The van der Waals surface area contributed by atoms with Crippen LogP contribution in [0.4, 0.5) is 0 Å². The van der Waals surface area contributed by atoms with Crippen molar-refractivity contribution < 1.29 is 24.3 Å². The zero-order chi connectivity index (χ0) is 28.4. The Kier molecular flexibility index (Phi) is 18.2. The average molecular weight is 547 g/mol. The van der Waals surface area contributed by atoms with Gasteiger partial charge in [-0.3, -0.25) is 19.4 Å². The summed E-state index contributed by atoms with van der Waals surface area (Å²) < 4.78 is 0. The smallest absolute Gasteiger partial charge is 0.326 e. The largest absolute Gasteiger partial charge is 0.480 e. The van der Waals surface area contributed by atoms with E-state index in [1.165, 1.54) is 11.8 Å². The molecule has 0 bridgehead atoms. The molecule has 0 aromatic carbocycles. The topological polar surface area (TPSA) is 241 Å². The molecule has 0 aliphatic rings. The predicted molar refractivity (Wildman–Crippen MR) is 147 cm³/mol. The first-order valence-electron chi connectivity index (χ1n) is 12.6. The predicted octanol–water partition coefficient (Wildman–Crippen LogP) is -1.17. The number of carbonyl (C=O) groups is 4. The molecule has 4 atom stereocenters. The number of nitrogens with two attached hydrogens (primary N) is 4. The molecule has 0 rings (SSSR count). The fraction of sp³-hybridized carbons (Fsp3) is 0.783. The van der Waals surface area contributed by atoms with Gasteiger partial charge >= 0.3 is 5.97 Å². The van der Waals surface area contributed by atoms with E-state index in [2.05, 4.69) is 20.9 Å². The monoisotopic (exact) mass is 546 g/mol. The van der Waals surface area contributed by atoms with Crippen molar-refractivity contribution in [1.82, 2.24) is 16.0 Å². The van der Waals surface area contributed by atoms with Crippen LogP contribution in [0.2, 0.25) is 0 Å². The molecule has 14 heteroatoms. The highest BCUT2D eigenvalue weighted by Gasteiger charge is 2.30. The van der Waals surface area contributed by atoms with Crippen LogP contribution >= 0.6 is 11.8 Å². The quantitative estimate of drug-likeness (QED) is 0.0517. The van der Waals surface area contributed by atoms with E-state index in [4.69, 9.17) is 22.9 Å². The molecule has 0 aliphatic heterocycles. The number of carbonyl (C=O) groups excluding carboxylic acids is 3. The van der Waals surface area contributed by atoms with Gasteiger partial charge in [-0.2, -0.15) is 11.8 Å². The number of carboxylic acid groups (broad SMARTS) is 1. The number of aliphatic carboxylic acids is 1. The molecular weight excluding hydrogens is 500 g/mol. The van der Waals surface area contributed by atoms with Crippen LogP contribution in [-0.2, 0) is 19.2 Å². The standard InChI is InChI=1S/C23H46N8O5S/c1-14(2)13-18(31-19(32)15(25)7-6-11-28-23(26)27)21(34)29-16(9-12-37-3)20(33)30-17(22(35)36)8-4-5-10-24/h14-18H,4-13,24-25H2,1-3H3,(H,29,34)(H,30,33)(H,31,32)(H,35,36)(H4,26,27,28). The van der Waals surface area contributed by atoms with E-state index >= 15 is 0 Å². The Hall–Kier alpha value is -2.58. The molecule has 0 aliphatic carbocycles. The second kappa shape index (κ2) is 19.5. The fourth-order valence-electron chi connectivity index (χ4n) is 3.43. The number of nitrogens with one attached hydrogen (secondary N) is 3. The van der Waals surface area contributed by atoms with E-state index < -0.39 is 47.9 Å². The van der Waals surface area contributed by atoms with Gasteiger partial charge in [-0.25, -0.2) is 4.79 Å². The lowest BCUT2D eigenvalue weighted by Gasteiger charge is -2.26. The van der Waals surface area contributed by atoms with Gasteiger partial charge in [-0.15, -0.1) is 0 Å². The first kappa shape index (κ1) is 34.4. The van der Waals surface area contributed by atoms with Crippen molar-refractivity contribution in [2.45, 2.75) is 83.0 Å². The summed E-state index contributed by atoms with van der Waals surface area (Å²) in [6.07, 6.45) is 4.70.